The van der Waals surface area contributed by atoms with Gasteiger partial charge in [-0.1, -0.05) is 39.0 Å². The highest BCUT2D eigenvalue weighted by atomic mass is 16.5. The summed E-state index contributed by atoms with van der Waals surface area (Å²) in [6.07, 6.45) is 8.93. The lowest BCUT2D eigenvalue weighted by Gasteiger charge is -2.11. The Kier molecular flexibility index (Phi) is 10.1. The third-order valence-electron chi connectivity index (χ3n) is 6.98. The van der Waals surface area contributed by atoms with Crippen LogP contribution in [0.3, 0.4) is 0 Å². The molecule has 0 spiro atoms. The highest BCUT2D eigenvalue weighted by Gasteiger charge is 2.22. The zero-order valence-corrected chi connectivity index (χ0v) is 23.7. The van der Waals surface area contributed by atoms with Crippen LogP contribution in [-0.4, -0.2) is 28.5 Å². The number of ketones is 1. The van der Waals surface area contributed by atoms with Crippen LogP contribution in [0.2, 0.25) is 0 Å². The van der Waals surface area contributed by atoms with Crippen molar-refractivity contribution in [3.05, 3.63) is 81.1 Å². The summed E-state index contributed by atoms with van der Waals surface area (Å²) in [6, 6.07) is 9.79. The minimum Gasteiger partial charge on any atom is -0.507 e. The Morgan fingerprint density at radius 2 is 1.85 bits per heavy atom. The van der Waals surface area contributed by atoms with E-state index in [-0.39, 0.29) is 29.6 Å². The van der Waals surface area contributed by atoms with Crippen molar-refractivity contribution in [2.24, 2.45) is 13.0 Å². The quantitative estimate of drug-likeness (QED) is 0.120. The molecule has 2 heterocycles. The number of hydrogen-bond donors (Lipinski definition) is 1. The molecule has 3 rings (SSSR count). The fraction of sp³-hybridized carbons (Fsp3) is 0.406. The van der Waals surface area contributed by atoms with E-state index >= 15 is 0 Å². The van der Waals surface area contributed by atoms with Crippen molar-refractivity contribution in [2.45, 2.75) is 65.7 Å². The number of methoxy groups -OCH3 is 1. The monoisotopic (exact) mass is 533 g/mol. The summed E-state index contributed by atoms with van der Waals surface area (Å²) in [6.45, 7) is 7.93. The number of fused-ring (bicyclic) bond motifs is 1. The number of allylic oxidation sites excluding steroid dienone is 2. The summed E-state index contributed by atoms with van der Waals surface area (Å²) in [7, 11) is 3.28. The van der Waals surface area contributed by atoms with E-state index in [9.17, 15) is 19.5 Å². The first kappa shape index (κ1) is 29.7. The first-order valence-electron chi connectivity index (χ1n) is 13.4. The SMILES string of the molecule is COC(=O)C/C=C/CCC(C)c1cc(O)c(C(=O)C(C)=Cc2cc3cc(CCC(C)C)ccc3n2C)c(=O)o1. The molecule has 1 unspecified atom stereocenters. The number of nitrogens with zero attached hydrogens (tertiary/aromatic N) is 1. The third-order valence-corrected chi connectivity index (χ3v) is 6.98. The Balaban J connectivity index is 1.77. The summed E-state index contributed by atoms with van der Waals surface area (Å²) >= 11 is 0. The maximum atomic E-state index is 13.2. The van der Waals surface area contributed by atoms with Gasteiger partial charge in [0.1, 0.15) is 17.1 Å². The van der Waals surface area contributed by atoms with E-state index in [1.807, 2.05) is 30.7 Å². The molecule has 1 aromatic carbocycles. The lowest BCUT2D eigenvalue weighted by Crippen LogP contribution is -2.16. The van der Waals surface area contributed by atoms with Gasteiger partial charge in [-0.25, -0.2) is 4.79 Å². The Hall–Kier alpha value is -3.87. The molecule has 208 valence electrons. The minimum atomic E-state index is -0.859. The molecule has 3 aromatic rings. The molecule has 0 aliphatic heterocycles. The number of carbonyl (C=O) groups excluding carboxylic acids is 2. The molecule has 2 aromatic heterocycles. The van der Waals surface area contributed by atoms with Crippen LogP contribution in [0.1, 0.15) is 86.7 Å². The molecule has 7 heteroatoms. The molecule has 0 aliphatic carbocycles. The predicted molar refractivity (Wildman–Crippen MR) is 154 cm³/mol. The van der Waals surface area contributed by atoms with Crippen molar-refractivity contribution < 1.29 is 23.8 Å². The van der Waals surface area contributed by atoms with Gasteiger partial charge in [0.15, 0.2) is 5.78 Å². The lowest BCUT2D eigenvalue weighted by molar-refractivity contribution is -0.139. The molecular formula is C32H39NO6. The molecule has 7 nitrogen and oxygen atoms in total. The van der Waals surface area contributed by atoms with Crippen LogP contribution in [0.5, 0.6) is 5.75 Å². The van der Waals surface area contributed by atoms with E-state index in [1.165, 1.54) is 18.7 Å². The molecule has 0 amide bonds. The highest BCUT2D eigenvalue weighted by Crippen LogP contribution is 2.27. The summed E-state index contributed by atoms with van der Waals surface area (Å²) in [5.41, 5.74) is 2.25. The maximum Gasteiger partial charge on any atom is 0.351 e. The van der Waals surface area contributed by atoms with E-state index in [1.54, 1.807) is 19.1 Å². The lowest BCUT2D eigenvalue weighted by atomic mass is 9.99. The van der Waals surface area contributed by atoms with Crippen molar-refractivity contribution in [3.63, 3.8) is 0 Å². The van der Waals surface area contributed by atoms with Gasteiger partial charge in [-0.3, -0.25) is 9.59 Å². The smallest absolute Gasteiger partial charge is 0.351 e. The molecule has 0 saturated heterocycles. The standard InChI is InChI=1S/C32H39NO6/c1-20(2)12-13-23-14-15-26-24(17-23)18-25(33(26)5)16-22(4)31(36)30-27(34)19-28(39-32(30)37)21(3)10-8-7-9-11-29(35)38-6/h7,9,14-21,34H,8,10-13H2,1-6H3/b9-7+,22-16?. The van der Waals surface area contributed by atoms with Crippen LogP contribution < -0.4 is 5.63 Å². The molecule has 0 saturated carbocycles. The van der Waals surface area contributed by atoms with E-state index in [2.05, 4.69) is 36.8 Å². The Morgan fingerprint density at radius 1 is 1.10 bits per heavy atom. The van der Waals surface area contributed by atoms with Crippen LogP contribution in [-0.2, 0) is 23.0 Å². The first-order chi connectivity index (χ1) is 18.5. The minimum absolute atomic E-state index is 0.173. The van der Waals surface area contributed by atoms with Crippen LogP contribution in [0.4, 0.5) is 0 Å². The molecule has 0 radical (unpaired) electrons. The summed E-state index contributed by atoms with van der Waals surface area (Å²) in [5.74, 6) is -0.511. The average molecular weight is 534 g/mol. The topological polar surface area (TPSA) is 98.7 Å². The van der Waals surface area contributed by atoms with Crippen molar-refractivity contribution >= 4 is 28.7 Å². The number of rotatable bonds is 12. The summed E-state index contributed by atoms with van der Waals surface area (Å²) in [5, 5.41) is 11.7. The Bertz CT molecular complexity index is 1450. The van der Waals surface area contributed by atoms with Gasteiger partial charge in [0.05, 0.1) is 13.5 Å². The predicted octanol–water partition coefficient (Wildman–Crippen LogP) is 6.71. The van der Waals surface area contributed by atoms with Crippen molar-refractivity contribution in [3.8, 4) is 5.75 Å². The van der Waals surface area contributed by atoms with E-state index in [0.29, 0.717) is 30.1 Å². The van der Waals surface area contributed by atoms with Gasteiger partial charge in [-0.05, 0) is 73.9 Å². The second-order valence-corrected chi connectivity index (χ2v) is 10.5. The third kappa shape index (κ3) is 7.59. The molecule has 1 atom stereocenters. The van der Waals surface area contributed by atoms with Gasteiger partial charge < -0.3 is 18.8 Å². The van der Waals surface area contributed by atoms with Gasteiger partial charge in [-0.15, -0.1) is 0 Å². The molecule has 0 aliphatic rings. The second-order valence-electron chi connectivity index (χ2n) is 10.5. The number of Topliss-reactive ketones (excluding diaryl/α,β-unsaturated/α-hetero) is 1. The van der Waals surface area contributed by atoms with Crippen molar-refractivity contribution in [1.29, 1.82) is 0 Å². The second kappa shape index (κ2) is 13.3. The van der Waals surface area contributed by atoms with Gasteiger partial charge in [0.2, 0.25) is 0 Å². The van der Waals surface area contributed by atoms with Gasteiger partial charge >= 0.3 is 11.6 Å². The summed E-state index contributed by atoms with van der Waals surface area (Å²) in [4.78, 5) is 37.1. The van der Waals surface area contributed by atoms with E-state index < -0.39 is 11.4 Å². The molecular weight excluding hydrogens is 494 g/mol. The number of esters is 1. The Morgan fingerprint density at radius 3 is 2.51 bits per heavy atom. The first-order valence-corrected chi connectivity index (χ1v) is 13.4. The molecule has 39 heavy (non-hydrogen) atoms. The van der Waals surface area contributed by atoms with Gasteiger partial charge in [0, 0.05) is 35.6 Å². The zero-order chi connectivity index (χ0) is 28.7. The van der Waals surface area contributed by atoms with Crippen molar-refractivity contribution in [1.82, 2.24) is 4.57 Å². The van der Waals surface area contributed by atoms with Gasteiger partial charge in [-0.2, -0.15) is 0 Å². The largest absolute Gasteiger partial charge is 0.507 e. The van der Waals surface area contributed by atoms with E-state index in [0.717, 1.165) is 29.4 Å². The number of aromatic nitrogens is 1. The zero-order valence-electron chi connectivity index (χ0n) is 23.7. The number of ether oxygens (including phenoxy) is 1. The fourth-order valence-electron chi connectivity index (χ4n) is 4.47. The Labute approximate surface area is 229 Å². The van der Waals surface area contributed by atoms with Crippen LogP contribution in [0.25, 0.3) is 17.0 Å². The number of carbonyl (C=O) groups is 2. The number of aromatic hydroxyl groups is 1. The summed E-state index contributed by atoms with van der Waals surface area (Å²) < 4.78 is 12.0. The van der Waals surface area contributed by atoms with Crippen molar-refractivity contribution in [2.75, 3.05) is 7.11 Å². The number of hydrogen-bond acceptors (Lipinski definition) is 6. The van der Waals surface area contributed by atoms with Crippen LogP contribution in [0, 0.1) is 5.92 Å². The highest BCUT2D eigenvalue weighted by molar-refractivity contribution is 6.12. The normalized spacial score (nSPS) is 12.9. The number of benzene rings is 1. The molecule has 0 fully saturated rings. The van der Waals surface area contributed by atoms with E-state index in [4.69, 9.17) is 4.42 Å². The molecule has 1 N–H and O–H groups in total. The number of aryl methyl sites for hydroxylation is 2. The average Bonchev–Trinajstić information content (AvgIpc) is 3.20. The maximum absolute atomic E-state index is 13.2. The van der Waals surface area contributed by atoms with Crippen LogP contribution in [0.15, 0.2) is 57.3 Å². The van der Waals surface area contributed by atoms with Crippen LogP contribution >= 0.6 is 0 Å². The fourth-order valence-corrected chi connectivity index (χ4v) is 4.47. The molecule has 0 bridgehead atoms. The van der Waals surface area contributed by atoms with Gasteiger partial charge in [0.25, 0.3) is 0 Å².